The monoisotopic (exact) mass is 152 g/mol. The van der Waals surface area contributed by atoms with E-state index in [-0.39, 0.29) is 6.42 Å². The number of aromatic nitrogens is 2. The van der Waals surface area contributed by atoms with Crippen LogP contribution in [0.5, 0.6) is 0 Å². The Morgan fingerprint density at radius 1 is 1.55 bits per heavy atom. The lowest BCUT2D eigenvalue weighted by molar-refractivity contribution is -0.136. The number of aliphatic carboxylic acids is 1. The summed E-state index contributed by atoms with van der Waals surface area (Å²) in [7, 11) is 0. The van der Waals surface area contributed by atoms with E-state index < -0.39 is 5.97 Å². The molecular formula is C7H8N2O2. The average molecular weight is 152 g/mol. The molecule has 58 valence electrons. The Bertz CT molecular complexity index is 256. The molecule has 0 saturated carbocycles. The fraction of sp³-hybridized carbons (Fsp3) is 0.286. The van der Waals surface area contributed by atoms with Crippen LogP contribution in [0.3, 0.4) is 0 Å². The molecule has 0 fully saturated rings. The van der Waals surface area contributed by atoms with Crippen molar-refractivity contribution in [1.29, 1.82) is 0 Å². The molecule has 0 aromatic carbocycles. The van der Waals surface area contributed by atoms with Gasteiger partial charge in [-0.15, -0.1) is 0 Å². The Labute approximate surface area is 63.9 Å². The molecule has 0 amide bonds. The summed E-state index contributed by atoms with van der Waals surface area (Å²) in [4.78, 5) is 17.9. The van der Waals surface area contributed by atoms with Crippen molar-refractivity contribution in [3.63, 3.8) is 0 Å². The van der Waals surface area contributed by atoms with Gasteiger partial charge in [-0.2, -0.15) is 0 Å². The summed E-state index contributed by atoms with van der Waals surface area (Å²) in [6, 6.07) is 0. The number of rotatable bonds is 2. The van der Waals surface area contributed by atoms with Gasteiger partial charge in [-0.25, -0.2) is 9.97 Å². The van der Waals surface area contributed by atoms with Gasteiger partial charge < -0.3 is 5.11 Å². The first-order valence-corrected chi connectivity index (χ1v) is 3.18. The minimum absolute atomic E-state index is 0.0136. The summed E-state index contributed by atoms with van der Waals surface area (Å²) in [6.07, 6.45) is 3.03. The third-order valence-electron chi connectivity index (χ3n) is 1.19. The van der Waals surface area contributed by atoms with Gasteiger partial charge in [0.2, 0.25) is 0 Å². The van der Waals surface area contributed by atoms with Crippen LogP contribution in [0.2, 0.25) is 0 Å². The molecule has 4 nitrogen and oxygen atoms in total. The molecule has 11 heavy (non-hydrogen) atoms. The Kier molecular flexibility index (Phi) is 2.15. The highest BCUT2D eigenvalue weighted by Crippen LogP contribution is 1.95. The molecule has 0 aliphatic rings. The van der Waals surface area contributed by atoms with Crippen LogP contribution in [0.1, 0.15) is 11.4 Å². The molecule has 1 aromatic rings. The van der Waals surface area contributed by atoms with Gasteiger partial charge in [0.1, 0.15) is 5.82 Å². The second-order valence-electron chi connectivity index (χ2n) is 2.21. The van der Waals surface area contributed by atoms with Crippen LogP contribution < -0.4 is 0 Å². The fourth-order valence-electron chi connectivity index (χ4n) is 0.685. The van der Waals surface area contributed by atoms with Crippen LogP contribution in [0.15, 0.2) is 12.4 Å². The van der Waals surface area contributed by atoms with Crippen LogP contribution >= 0.6 is 0 Å². The molecule has 0 atom stereocenters. The van der Waals surface area contributed by atoms with Gasteiger partial charge in [-0.05, 0) is 12.5 Å². The molecule has 0 aliphatic heterocycles. The van der Waals surface area contributed by atoms with Crippen molar-refractivity contribution in [2.75, 3.05) is 0 Å². The summed E-state index contributed by atoms with van der Waals surface area (Å²) < 4.78 is 0. The molecule has 1 heterocycles. The Balaban J connectivity index is 2.74. The molecular weight excluding hydrogens is 144 g/mol. The average Bonchev–Trinajstić information content (AvgIpc) is 1.93. The number of carboxylic acids is 1. The van der Waals surface area contributed by atoms with Crippen molar-refractivity contribution in [3.8, 4) is 0 Å². The van der Waals surface area contributed by atoms with Gasteiger partial charge >= 0.3 is 5.97 Å². The van der Waals surface area contributed by atoms with E-state index in [2.05, 4.69) is 9.97 Å². The van der Waals surface area contributed by atoms with Gasteiger partial charge in [0.15, 0.2) is 0 Å². The lowest BCUT2D eigenvalue weighted by atomic mass is 10.2. The van der Waals surface area contributed by atoms with E-state index >= 15 is 0 Å². The summed E-state index contributed by atoms with van der Waals surface area (Å²) in [5.41, 5.74) is 0.628. The summed E-state index contributed by atoms with van der Waals surface area (Å²) >= 11 is 0. The summed E-state index contributed by atoms with van der Waals surface area (Å²) in [6.45, 7) is 1.75. The van der Waals surface area contributed by atoms with E-state index in [0.717, 1.165) is 0 Å². The maximum Gasteiger partial charge on any atom is 0.307 e. The first-order chi connectivity index (χ1) is 5.18. The molecule has 0 unspecified atom stereocenters. The molecule has 1 rings (SSSR count). The minimum Gasteiger partial charge on any atom is -0.481 e. The minimum atomic E-state index is -0.863. The molecule has 1 aromatic heterocycles. The third kappa shape index (κ3) is 2.33. The van der Waals surface area contributed by atoms with E-state index in [9.17, 15) is 4.79 Å². The zero-order valence-corrected chi connectivity index (χ0v) is 6.11. The van der Waals surface area contributed by atoms with Gasteiger partial charge in [0.05, 0.1) is 6.42 Å². The van der Waals surface area contributed by atoms with Crippen molar-refractivity contribution in [2.24, 2.45) is 0 Å². The maximum atomic E-state index is 10.2. The summed E-state index contributed by atoms with van der Waals surface area (Å²) in [5, 5.41) is 8.38. The van der Waals surface area contributed by atoms with Crippen LogP contribution in [-0.2, 0) is 11.2 Å². The zero-order valence-electron chi connectivity index (χ0n) is 6.11. The molecule has 0 bridgehead atoms. The Morgan fingerprint density at radius 3 is 2.55 bits per heavy atom. The van der Waals surface area contributed by atoms with Gasteiger partial charge in [0.25, 0.3) is 0 Å². The van der Waals surface area contributed by atoms with E-state index in [1.165, 1.54) is 12.4 Å². The standard InChI is InChI=1S/C7H8N2O2/c1-5-8-3-6(4-9-5)2-7(10)11/h3-4H,2H2,1H3,(H,10,11). The highest BCUT2D eigenvalue weighted by atomic mass is 16.4. The van der Waals surface area contributed by atoms with E-state index in [0.29, 0.717) is 11.4 Å². The van der Waals surface area contributed by atoms with Crippen LogP contribution in [-0.4, -0.2) is 21.0 Å². The molecule has 0 radical (unpaired) electrons. The van der Waals surface area contributed by atoms with Crippen LogP contribution in [0, 0.1) is 6.92 Å². The number of carbonyl (C=O) groups is 1. The smallest absolute Gasteiger partial charge is 0.307 e. The van der Waals surface area contributed by atoms with E-state index in [4.69, 9.17) is 5.11 Å². The quantitative estimate of drug-likeness (QED) is 0.666. The number of nitrogens with zero attached hydrogens (tertiary/aromatic N) is 2. The lowest BCUT2D eigenvalue weighted by Gasteiger charge is -1.94. The predicted molar refractivity (Wildman–Crippen MR) is 38.1 cm³/mol. The molecule has 0 spiro atoms. The van der Waals surface area contributed by atoms with E-state index in [1.807, 2.05) is 0 Å². The normalized spacial score (nSPS) is 9.55. The van der Waals surface area contributed by atoms with Crippen LogP contribution in [0.25, 0.3) is 0 Å². The second-order valence-corrected chi connectivity index (χ2v) is 2.21. The topological polar surface area (TPSA) is 63.1 Å². The Morgan fingerprint density at radius 2 is 2.09 bits per heavy atom. The number of hydrogen-bond acceptors (Lipinski definition) is 3. The number of carboxylic acid groups (broad SMARTS) is 1. The zero-order chi connectivity index (χ0) is 8.27. The largest absolute Gasteiger partial charge is 0.481 e. The van der Waals surface area contributed by atoms with Gasteiger partial charge in [-0.3, -0.25) is 4.79 Å². The van der Waals surface area contributed by atoms with Gasteiger partial charge in [0, 0.05) is 12.4 Å². The predicted octanol–water partition coefficient (Wildman–Crippen LogP) is 0.412. The maximum absolute atomic E-state index is 10.2. The van der Waals surface area contributed by atoms with Crippen molar-refractivity contribution in [1.82, 2.24) is 9.97 Å². The first kappa shape index (κ1) is 7.65. The highest BCUT2D eigenvalue weighted by molar-refractivity contribution is 5.69. The lowest BCUT2D eigenvalue weighted by Crippen LogP contribution is -2.01. The molecule has 0 saturated heterocycles. The van der Waals surface area contributed by atoms with Gasteiger partial charge in [-0.1, -0.05) is 0 Å². The SMILES string of the molecule is Cc1ncc(CC(=O)O)cn1. The number of aryl methyl sites for hydroxylation is 1. The first-order valence-electron chi connectivity index (χ1n) is 3.18. The van der Waals surface area contributed by atoms with Crippen molar-refractivity contribution in [2.45, 2.75) is 13.3 Å². The second kappa shape index (κ2) is 3.09. The van der Waals surface area contributed by atoms with E-state index in [1.54, 1.807) is 6.92 Å². The molecule has 1 N–H and O–H groups in total. The summed E-state index contributed by atoms with van der Waals surface area (Å²) in [5.74, 6) is -0.211. The Hall–Kier alpha value is -1.45. The van der Waals surface area contributed by atoms with Crippen molar-refractivity contribution in [3.05, 3.63) is 23.8 Å². The fourth-order valence-corrected chi connectivity index (χ4v) is 0.685. The highest BCUT2D eigenvalue weighted by Gasteiger charge is 1.99. The third-order valence-corrected chi connectivity index (χ3v) is 1.19. The van der Waals surface area contributed by atoms with Crippen molar-refractivity contribution < 1.29 is 9.90 Å². The molecule has 4 heteroatoms. The van der Waals surface area contributed by atoms with Crippen LogP contribution in [0.4, 0.5) is 0 Å². The molecule has 0 aliphatic carbocycles. The van der Waals surface area contributed by atoms with Crippen molar-refractivity contribution >= 4 is 5.97 Å². The number of hydrogen-bond donors (Lipinski definition) is 1.